The maximum absolute atomic E-state index is 12.5. The maximum Gasteiger partial charge on any atom is 0.305 e. The third kappa shape index (κ3) is 5.07. The van der Waals surface area contributed by atoms with Crippen molar-refractivity contribution in [1.82, 2.24) is 15.0 Å². The molecule has 0 aliphatic carbocycles. The molecule has 1 unspecified atom stereocenters. The Labute approximate surface area is 162 Å². The third-order valence-corrected chi connectivity index (χ3v) is 4.40. The minimum absolute atomic E-state index is 0.131. The molecule has 9 heteroatoms. The van der Waals surface area contributed by atoms with Gasteiger partial charge in [0.1, 0.15) is 5.75 Å². The number of aromatic nitrogens is 2. The molecule has 1 atom stereocenters. The van der Waals surface area contributed by atoms with Crippen LogP contribution in [0.2, 0.25) is 0 Å². The SMILES string of the molecule is CCOc1ccc(-c2noc(CCC(=O)N3CCOCC3CC(=O)O)n2)cc1. The zero-order chi connectivity index (χ0) is 19.9. The molecule has 150 valence electrons. The molecule has 1 amide bonds. The molecule has 1 fully saturated rings. The van der Waals surface area contributed by atoms with Crippen molar-refractivity contribution >= 4 is 11.9 Å². The van der Waals surface area contributed by atoms with Gasteiger partial charge in [-0.3, -0.25) is 9.59 Å². The number of carbonyl (C=O) groups is 2. The fourth-order valence-corrected chi connectivity index (χ4v) is 3.05. The van der Waals surface area contributed by atoms with Crippen LogP contribution in [-0.4, -0.2) is 64.4 Å². The number of rotatable bonds is 8. The molecule has 1 saturated heterocycles. The summed E-state index contributed by atoms with van der Waals surface area (Å²) in [6.07, 6.45) is 0.329. The van der Waals surface area contributed by atoms with E-state index in [1.165, 1.54) is 0 Å². The van der Waals surface area contributed by atoms with Crippen LogP contribution < -0.4 is 4.74 Å². The van der Waals surface area contributed by atoms with E-state index in [-0.39, 0.29) is 25.4 Å². The summed E-state index contributed by atoms with van der Waals surface area (Å²) in [6, 6.07) is 6.91. The number of amides is 1. The number of carboxylic acid groups (broad SMARTS) is 1. The van der Waals surface area contributed by atoms with E-state index in [4.69, 9.17) is 19.1 Å². The van der Waals surface area contributed by atoms with Gasteiger partial charge in [-0.25, -0.2) is 0 Å². The van der Waals surface area contributed by atoms with E-state index in [0.717, 1.165) is 11.3 Å². The summed E-state index contributed by atoms with van der Waals surface area (Å²) >= 11 is 0. The fourth-order valence-electron chi connectivity index (χ4n) is 3.05. The first-order valence-corrected chi connectivity index (χ1v) is 9.21. The second-order valence-corrected chi connectivity index (χ2v) is 6.38. The molecule has 0 bridgehead atoms. The number of nitrogens with zero attached hydrogens (tertiary/aromatic N) is 3. The highest BCUT2D eigenvalue weighted by molar-refractivity contribution is 5.78. The van der Waals surface area contributed by atoms with E-state index in [1.807, 2.05) is 31.2 Å². The van der Waals surface area contributed by atoms with Gasteiger partial charge >= 0.3 is 5.97 Å². The summed E-state index contributed by atoms with van der Waals surface area (Å²) in [6.45, 7) is 3.54. The first-order valence-electron chi connectivity index (χ1n) is 9.21. The van der Waals surface area contributed by atoms with Crippen LogP contribution in [-0.2, 0) is 20.7 Å². The van der Waals surface area contributed by atoms with Crippen LogP contribution in [0, 0.1) is 0 Å². The lowest BCUT2D eigenvalue weighted by Gasteiger charge is -2.34. The highest BCUT2D eigenvalue weighted by Gasteiger charge is 2.29. The number of carboxylic acids is 1. The van der Waals surface area contributed by atoms with Gasteiger partial charge < -0.3 is 24.0 Å². The minimum atomic E-state index is -0.954. The van der Waals surface area contributed by atoms with Crippen LogP contribution in [0.4, 0.5) is 0 Å². The van der Waals surface area contributed by atoms with Gasteiger partial charge in [0.2, 0.25) is 17.6 Å². The van der Waals surface area contributed by atoms with E-state index in [9.17, 15) is 9.59 Å². The Balaban J connectivity index is 1.57. The topological polar surface area (TPSA) is 115 Å². The monoisotopic (exact) mass is 389 g/mol. The van der Waals surface area contributed by atoms with E-state index in [0.29, 0.717) is 37.9 Å². The van der Waals surface area contributed by atoms with Crippen molar-refractivity contribution in [2.24, 2.45) is 0 Å². The predicted molar refractivity (Wildman–Crippen MR) is 97.8 cm³/mol. The van der Waals surface area contributed by atoms with Gasteiger partial charge in [-0.1, -0.05) is 5.16 Å². The summed E-state index contributed by atoms with van der Waals surface area (Å²) < 4.78 is 15.9. The van der Waals surface area contributed by atoms with E-state index >= 15 is 0 Å². The quantitative estimate of drug-likeness (QED) is 0.726. The van der Waals surface area contributed by atoms with E-state index < -0.39 is 12.0 Å². The summed E-state index contributed by atoms with van der Waals surface area (Å²) in [5.74, 6) is 0.475. The molecule has 1 aromatic heterocycles. The van der Waals surface area contributed by atoms with Crippen LogP contribution >= 0.6 is 0 Å². The van der Waals surface area contributed by atoms with Crippen molar-refractivity contribution in [3.8, 4) is 17.1 Å². The van der Waals surface area contributed by atoms with Gasteiger partial charge in [0.15, 0.2) is 0 Å². The van der Waals surface area contributed by atoms with Crippen molar-refractivity contribution < 1.29 is 28.7 Å². The molecule has 2 heterocycles. The molecule has 2 aromatic rings. The van der Waals surface area contributed by atoms with E-state index in [1.54, 1.807) is 4.90 Å². The predicted octanol–water partition coefficient (Wildman–Crippen LogP) is 1.77. The lowest BCUT2D eigenvalue weighted by atomic mass is 10.1. The molecular formula is C19H23N3O6. The van der Waals surface area contributed by atoms with Crippen LogP contribution in [0.1, 0.15) is 25.7 Å². The van der Waals surface area contributed by atoms with Gasteiger partial charge in [0, 0.05) is 24.9 Å². The Morgan fingerprint density at radius 2 is 2.11 bits per heavy atom. The third-order valence-electron chi connectivity index (χ3n) is 4.40. The number of ether oxygens (including phenoxy) is 2. The second kappa shape index (κ2) is 9.32. The Bertz CT molecular complexity index is 804. The number of morpholine rings is 1. The van der Waals surface area contributed by atoms with Crippen molar-refractivity contribution in [3.63, 3.8) is 0 Å². The zero-order valence-electron chi connectivity index (χ0n) is 15.7. The molecular weight excluding hydrogens is 366 g/mol. The lowest BCUT2D eigenvalue weighted by Crippen LogP contribution is -2.49. The Morgan fingerprint density at radius 1 is 1.32 bits per heavy atom. The number of hydrogen-bond donors (Lipinski definition) is 1. The summed E-state index contributed by atoms with van der Waals surface area (Å²) in [5.41, 5.74) is 0.791. The second-order valence-electron chi connectivity index (χ2n) is 6.38. The van der Waals surface area contributed by atoms with Crippen LogP contribution in [0.3, 0.4) is 0 Å². The number of aliphatic carboxylic acids is 1. The number of carbonyl (C=O) groups excluding carboxylic acids is 1. The zero-order valence-corrected chi connectivity index (χ0v) is 15.7. The Kier molecular flexibility index (Phi) is 6.59. The van der Waals surface area contributed by atoms with Gasteiger partial charge in [-0.15, -0.1) is 0 Å². The molecule has 28 heavy (non-hydrogen) atoms. The molecule has 0 spiro atoms. The van der Waals surface area contributed by atoms with Gasteiger partial charge in [-0.2, -0.15) is 4.98 Å². The van der Waals surface area contributed by atoms with Gasteiger partial charge in [-0.05, 0) is 31.2 Å². The summed E-state index contributed by atoms with van der Waals surface area (Å²) in [7, 11) is 0. The molecule has 0 saturated carbocycles. The Morgan fingerprint density at radius 3 is 2.82 bits per heavy atom. The smallest absolute Gasteiger partial charge is 0.305 e. The average molecular weight is 389 g/mol. The molecule has 0 radical (unpaired) electrons. The average Bonchev–Trinajstić information content (AvgIpc) is 3.16. The van der Waals surface area contributed by atoms with Crippen molar-refractivity contribution in [2.75, 3.05) is 26.4 Å². The highest BCUT2D eigenvalue weighted by atomic mass is 16.5. The molecule has 1 aliphatic rings. The van der Waals surface area contributed by atoms with Gasteiger partial charge in [0.25, 0.3) is 0 Å². The number of benzene rings is 1. The summed E-state index contributed by atoms with van der Waals surface area (Å²) in [5, 5.41) is 13.0. The molecule has 1 N–H and O–H groups in total. The normalized spacial score (nSPS) is 16.8. The Hall–Kier alpha value is -2.94. The molecule has 1 aromatic carbocycles. The van der Waals surface area contributed by atoms with Crippen LogP contribution in [0.15, 0.2) is 28.8 Å². The van der Waals surface area contributed by atoms with Gasteiger partial charge in [0.05, 0.1) is 32.3 Å². The van der Waals surface area contributed by atoms with Crippen LogP contribution in [0.5, 0.6) is 5.75 Å². The van der Waals surface area contributed by atoms with E-state index in [2.05, 4.69) is 10.1 Å². The van der Waals surface area contributed by atoms with Crippen LogP contribution in [0.25, 0.3) is 11.4 Å². The highest BCUT2D eigenvalue weighted by Crippen LogP contribution is 2.20. The number of aryl methyl sites for hydroxylation is 1. The fraction of sp³-hybridized carbons (Fsp3) is 0.474. The summed E-state index contributed by atoms with van der Waals surface area (Å²) in [4.78, 5) is 29.4. The first-order chi connectivity index (χ1) is 13.6. The number of hydrogen-bond acceptors (Lipinski definition) is 7. The first kappa shape index (κ1) is 19.8. The standard InChI is InChI=1S/C19H23N3O6/c1-2-27-15-5-3-13(4-6-15)19-20-16(28-21-19)7-8-17(23)22-9-10-26-12-14(22)11-18(24)25/h3-6,14H,2,7-12H2,1H3,(H,24,25). The minimum Gasteiger partial charge on any atom is -0.494 e. The lowest BCUT2D eigenvalue weighted by molar-refractivity contribution is -0.146. The van der Waals surface area contributed by atoms with Crippen molar-refractivity contribution in [3.05, 3.63) is 30.2 Å². The maximum atomic E-state index is 12.5. The molecule has 3 rings (SSSR count). The molecule has 9 nitrogen and oxygen atoms in total. The van der Waals surface area contributed by atoms with Crippen molar-refractivity contribution in [2.45, 2.75) is 32.2 Å². The largest absolute Gasteiger partial charge is 0.494 e. The molecule has 1 aliphatic heterocycles. The van der Waals surface area contributed by atoms with Crippen molar-refractivity contribution in [1.29, 1.82) is 0 Å².